The lowest BCUT2D eigenvalue weighted by Crippen LogP contribution is -2.16. The van der Waals surface area contributed by atoms with Crippen molar-refractivity contribution in [3.63, 3.8) is 0 Å². The lowest BCUT2D eigenvalue weighted by atomic mass is 9.96. The maximum atomic E-state index is 5.78. The molecule has 0 aliphatic heterocycles. The summed E-state index contributed by atoms with van der Waals surface area (Å²) in [6, 6.07) is 7.79. The molecule has 0 aliphatic rings. The third-order valence-electron chi connectivity index (χ3n) is 2.14. The van der Waals surface area contributed by atoms with Gasteiger partial charge >= 0.3 is 0 Å². The first-order chi connectivity index (χ1) is 6.27. The van der Waals surface area contributed by atoms with E-state index >= 15 is 0 Å². The van der Waals surface area contributed by atoms with Gasteiger partial charge in [0.15, 0.2) is 0 Å². The van der Waals surface area contributed by atoms with Gasteiger partial charge in [-0.2, -0.15) is 0 Å². The molecule has 0 fully saturated rings. The molecule has 3 heteroatoms. The average Bonchev–Trinajstić information content (AvgIpc) is 2.16. The third kappa shape index (κ3) is 2.99. The Morgan fingerprint density at radius 1 is 1.15 bits per heavy atom. The van der Waals surface area contributed by atoms with Crippen LogP contribution in [0.25, 0.3) is 0 Å². The minimum atomic E-state index is 0.363. The van der Waals surface area contributed by atoms with Crippen molar-refractivity contribution >= 4 is 11.6 Å². The number of halogens is 1. The van der Waals surface area contributed by atoms with Crippen LogP contribution in [0.4, 0.5) is 0 Å². The molecule has 1 aromatic rings. The fourth-order valence-electron chi connectivity index (χ4n) is 1.36. The van der Waals surface area contributed by atoms with Crippen molar-refractivity contribution in [2.45, 2.75) is 12.3 Å². The van der Waals surface area contributed by atoms with E-state index in [4.69, 9.17) is 23.1 Å². The van der Waals surface area contributed by atoms with Gasteiger partial charge in [-0.15, -0.1) is 0 Å². The van der Waals surface area contributed by atoms with E-state index in [0.717, 1.165) is 11.4 Å². The van der Waals surface area contributed by atoms with Crippen LogP contribution >= 0.6 is 11.6 Å². The van der Waals surface area contributed by atoms with Crippen LogP contribution in [0.1, 0.15) is 17.9 Å². The van der Waals surface area contributed by atoms with Crippen molar-refractivity contribution in [1.82, 2.24) is 0 Å². The van der Waals surface area contributed by atoms with Gasteiger partial charge in [0.2, 0.25) is 0 Å². The van der Waals surface area contributed by atoms with Gasteiger partial charge in [-0.1, -0.05) is 23.7 Å². The molecule has 0 saturated heterocycles. The minimum absolute atomic E-state index is 0.363. The molecule has 0 heterocycles. The van der Waals surface area contributed by atoms with Crippen LogP contribution in [0.15, 0.2) is 24.3 Å². The van der Waals surface area contributed by atoms with Crippen molar-refractivity contribution in [3.8, 4) is 0 Å². The first-order valence-electron chi connectivity index (χ1n) is 4.43. The second-order valence-corrected chi connectivity index (χ2v) is 3.50. The zero-order valence-electron chi connectivity index (χ0n) is 7.54. The van der Waals surface area contributed by atoms with Gasteiger partial charge in [-0.05, 0) is 43.1 Å². The molecule has 4 N–H and O–H groups in total. The Hall–Kier alpha value is -0.570. The van der Waals surface area contributed by atoms with Gasteiger partial charge < -0.3 is 11.5 Å². The van der Waals surface area contributed by atoms with Crippen molar-refractivity contribution in [1.29, 1.82) is 0 Å². The number of hydrogen-bond acceptors (Lipinski definition) is 2. The van der Waals surface area contributed by atoms with Crippen molar-refractivity contribution in [3.05, 3.63) is 34.9 Å². The summed E-state index contributed by atoms with van der Waals surface area (Å²) in [7, 11) is 0. The van der Waals surface area contributed by atoms with E-state index < -0.39 is 0 Å². The predicted octanol–water partition coefficient (Wildman–Crippen LogP) is 1.73. The van der Waals surface area contributed by atoms with E-state index in [9.17, 15) is 0 Å². The zero-order valence-corrected chi connectivity index (χ0v) is 8.30. The molecule has 13 heavy (non-hydrogen) atoms. The normalized spacial score (nSPS) is 12.8. The molecule has 1 aromatic carbocycles. The molecule has 0 spiro atoms. The molecule has 0 bridgehead atoms. The molecule has 2 nitrogen and oxygen atoms in total. The highest BCUT2D eigenvalue weighted by Crippen LogP contribution is 2.19. The summed E-state index contributed by atoms with van der Waals surface area (Å²) < 4.78 is 0. The third-order valence-corrected chi connectivity index (χ3v) is 2.39. The summed E-state index contributed by atoms with van der Waals surface area (Å²) in [5, 5.41) is 0.757. The van der Waals surface area contributed by atoms with Crippen LogP contribution in [-0.4, -0.2) is 13.1 Å². The summed E-state index contributed by atoms with van der Waals surface area (Å²) in [5.41, 5.74) is 12.4. The van der Waals surface area contributed by atoms with E-state index in [1.165, 1.54) is 5.56 Å². The van der Waals surface area contributed by atoms with Gasteiger partial charge in [0, 0.05) is 5.02 Å². The van der Waals surface area contributed by atoms with Gasteiger partial charge in [0.25, 0.3) is 0 Å². The monoisotopic (exact) mass is 198 g/mol. The predicted molar refractivity (Wildman–Crippen MR) is 56.9 cm³/mol. The molecule has 1 unspecified atom stereocenters. The van der Waals surface area contributed by atoms with Crippen molar-refractivity contribution < 1.29 is 0 Å². The van der Waals surface area contributed by atoms with Crippen molar-refractivity contribution in [2.24, 2.45) is 11.5 Å². The van der Waals surface area contributed by atoms with Crippen LogP contribution in [0, 0.1) is 0 Å². The van der Waals surface area contributed by atoms with E-state index in [1.54, 1.807) is 0 Å². The maximum Gasteiger partial charge on any atom is 0.0406 e. The summed E-state index contributed by atoms with van der Waals surface area (Å²) in [6.45, 7) is 1.31. The molecule has 1 atom stereocenters. The maximum absolute atomic E-state index is 5.78. The molecular weight excluding hydrogens is 184 g/mol. The fraction of sp³-hybridized carbons (Fsp3) is 0.400. The highest BCUT2D eigenvalue weighted by molar-refractivity contribution is 6.30. The SMILES string of the molecule is NCCC(CN)c1ccc(Cl)cc1. The smallest absolute Gasteiger partial charge is 0.0406 e. The molecule has 0 radical (unpaired) electrons. The molecule has 72 valence electrons. The van der Waals surface area contributed by atoms with E-state index in [1.807, 2.05) is 24.3 Å². The van der Waals surface area contributed by atoms with Crippen LogP contribution in [-0.2, 0) is 0 Å². The Morgan fingerprint density at radius 2 is 1.77 bits per heavy atom. The van der Waals surface area contributed by atoms with E-state index in [-0.39, 0.29) is 0 Å². The average molecular weight is 199 g/mol. The molecular formula is C10H15ClN2. The van der Waals surface area contributed by atoms with Crippen LogP contribution < -0.4 is 11.5 Å². The first kappa shape index (κ1) is 10.5. The lowest BCUT2D eigenvalue weighted by Gasteiger charge is -2.13. The van der Waals surface area contributed by atoms with Gasteiger partial charge in [-0.3, -0.25) is 0 Å². The summed E-state index contributed by atoms with van der Waals surface area (Å²) in [4.78, 5) is 0. The Kier molecular flexibility index (Phi) is 4.22. The van der Waals surface area contributed by atoms with E-state index in [0.29, 0.717) is 19.0 Å². The molecule has 1 rings (SSSR count). The molecule has 0 amide bonds. The van der Waals surface area contributed by atoms with Gasteiger partial charge in [0.1, 0.15) is 0 Å². The number of hydrogen-bond donors (Lipinski definition) is 2. The Morgan fingerprint density at radius 3 is 2.23 bits per heavy atom. The van der Waals surface area contributed by atoms with Crippen LogP contribution in [0.5, 0.6) is 0 Å². The Labute approximate surface area is 83.9 Å². The van der Waals surface area contributed by atoms with Gasteiger partial charge in [-0.25, -0.2) is 0 Å². The van der Waals surface area contributed by atoms with Crippen LogP contribution in [0.2, 0.25) is 5.02 Å². The van der Waals surface area contributed by atoms with Crippen molar-refractivity contribution in [2.75, 3.05) is 13.1 Å². The topological polar surface area (TPSA) is 52.0 Å². The largest absolute Gasteiger partial charge is 0.330 e. The number of benzene rings is 1. The number of rotatable bonds is 4. The summed E-state index contributed by atoms with van der Waals surface area (Å²) in [5.74, 6) is 0.363. The number of nitrogens with two attached hydrogens (primary N) is 2. The highest BCUT2D eigenvalue weighted by atomic mass is 35.5. The Bertz CT molecular complexity index is 246. The zero-order chi connectivity index (χ0) is 9.68. The fourth-order valence-corrected chi connectivity index (χ4v) is 1.48. The van der Waals surface area contributed by atoms with Crippen LogP contribution in [0.3, 0.4) is 0 Å². The Balaban J connectivity index is 2.73. The lowest BCUT2D eigenvalue weighted by molar-refractivity contribution is 0.643. The molecule has 0 saturated carbocycles. The highest BCUT2D eigenvalue weighted by Gasteiger charge is 2.07. The standard InChI is InChI=1S/C10H15ClN2/c11-10-3-1-8(2-4-10)9(7-13)5-6-12/h1-4,9H,5-7,12-13H2. The second-order valence-electron chi connectivity index (χ2n) is 3.06. The summed E-state index contributed by atoms with van der Waals surface area (Å²) in [6.07, 6.45) is 0.929. The minimum Gasteiger partial charge on any atom is -0.330 e. The van der Waals surface area contributed by atoms with E-state index in [2.05, 4.69) is 0 Å². The van der Waals surface area contributed by atoms with Gasteiger partial charge in [0.05, 0.1) is 0 Å². The molecule has 0 aliphatic carbocycles. The quantitative estimate of drug-likeness (QED) is 0.775. The summed E-state index contributed by atoms with van der Waals surface area (Å²) >= 11 is 5.78. The second kappa shape index (κ2) is 5.22. The molecule has 0 aromatic heterocycles. The first-order valence-corrected chi connectivity index (χ1v) is 4.81.